The first kappa shape index (κ1) is 30.6. The van der Waals surface area contributed by atoms with Crippen LogP contribution in [0.4, 0.5) is 16.2 Å². The van der Waals surface area contributed by atoms with Crippen molar-refractivity contribution in [2.45, 2.75) is 32.0 Å². The van der Waals surface area contributed by atoms with Crippen LogP contribution in [0.2, 0.25) is 0 Å². The summed E-state index contributed by atoms with van der Waals surface area (Å²) in [5.74, 6) is 2.80. The quantitative estimate of drug-likeness (QED) is 0.136. The molecule has 0 aliphatic carbocycles. The van der Waals surface area contributed by atoms with Gasteiger partial charge in [-0.05, 0) is 59.7 Å². The Labute approximate surface area is 256 Å². The number of carbonyl (C=O) groups excluding carboxylic acids is 1. The van der Waals surface area contributed by atoms with Crippen LogP contribution in [0.1, 0.15) is 36.0 Å². The van der Waals surface area contributed by atoms with Crippen molar-refractivity contribution in [3.63, 3.8) is 0 Å². The first-order chi connectivity index (χ1) is 21.0. The van der Waals surface area contributed by atoms with Gasteiger partial charge in [-0.25, -0.2) is 4.79 Å². The number of aliphatic hydroxyl groups is 2. The van der Waals surface area contributed by atoms with Gasteiger partial charge in [0.15, 0.2) is 6.29 Å². The number of ether oxygens (including phenoxy) is 3. The molecule has 0 aromatic heterocycles. The number of thioether (sulfide) groups is 1. The molecule has 9 heteroatoms. The number of hydrogen-bond donors (Lipinski definition) is 4. The lowest BCUT2D eigenvalue weighted by Crippen LogP contribution is -2.38. The van der Waals surface area contributed by atoms with E-state index in [1.807, 2.05) is 78.9 Å². The molecule has 4 N–H and O–H groups in total. The second-order valence-corrected chi connectivity index (χ2v) is 11.4. The van der Waals surface area contributed by atoms with Gasteiger partial charge in [0.1, 0.15) is 11.5 Å². The topological polar surface area (TPSA) is 109 Å². The predicted octanol–water partition coefficient (Wildman–Crippen LogP) is 7.13. The van der Waals surface area contributed by atoms with Crippen LogP contribution in [-0.4, -0.2) is 40.5 Å². The Morgan fingerprint density at radius 3 is 2.26 bits per heavy atom. The highest BCUT2D eigenvalue weighted by atomic mass is 32.2. The van der Waals surface area contributed by atoms with Gasteiger partial charge in [0, 0.05) is 34.4 Å². The van der Waals surface area contributed by atoms with Crippen LogP contribution < -0.4 is 15.4 Å². The summed E-state index contributed by atoms with van der Waals surface area (Å²) in [4.78, 5) is 12.8. The summed E-state index contributed by atoms with van der Waals surface area (Å²) in [7, 11) is 0. The highest BCUT2D eigenvalue weighted by Gasteiger charge is 2.38. The SMILES string of the molecule is C[C@H]1[C@@H](CSCCO)O[C@@H](c2cccc(NC(=O)Nc3ccc(Oc4ccccc4)cc3)c2)O[C@H]1c1ccc(CO)cc1. The summed E-state index contributed by atoms with van der Waals surface area (Å²) >= 11 is 1.64. The van der Waals surface area contributed by atoms with Gasteiger partial charge >= 0.3 is 6.03 Å². The van der Waals surface area contributed by atoms with Crippen molar-refractivity contribution in [3.8, 4) is 11.5 Å². The second kappa shape index (κ2) is 15.0. The average Bonchev–Trinajstić information content (AvgIpc) is 3.03. The molecule has 4 atom stereocenters. The lowest BCUT2D eigenvalue weighted by molar-refractivity contribution is -0.268. The maximum atomic E-state index is 12.8. The molecule has 4 aromatic carbocycles. The highest BCUT2D eigenvalue weighted by molar-refractivity contribution is 7.99. The monoisotopic (exact) mass is 600 g/mol. The van der Waals surface area contributed by atoms with E-state index < -0.39 is 6.29 Å². The molecular weight excluding hydrogens is 564 g/mol. The predicted molar refractivity (Wildman–Crippen MR) is 169 cm³/mol. The number of urea groups is 1. The van der Waals surface area contributed by atoms with Gasteiger partial charge in [0.25, 0.3) is 0 Å². The maximum Gasteiger partial charge on any atom is 0.323 e. The number of amides is 2. The number of hydrogen-bond acceptors (Lipinski definition) is 7. The van der Waals surface area contributed by atoms with Crippen molar-refractivity contribution in [1.29, 1.82) is 0 Å². The molecule has 1 fully saturated rings. The third kappa shape index (κ3) is 8.37. The zero-order chi connectivity index (χ0) is 30.0. The molecule has 1 saturated heterocycles. The second-order valence-electron chi connectivity index (χ2n) is 10.3. The summed E-state index contributed by atoms with van der Waals surface area (Å²) in [5.41, 5.74) is 3.84. The largest absolute Gasteiger partial charge is 0.457 e. The van der Waals surface area contributed by atoms with E-state index >= 15 is 0 Å². The molecule has 1 aliphatic heterocycles. The number of anilines is 2. The van der Waals surface area contributed by atoms with Crippen molar-refractivity contribution >= 4 is 29.2 Å². The van der Waals surface area contributed by atoms with E-state index in [4.69, 9.17) is 14.2 Å². The fourth-order valence-electron chi connectivity index (χ4n) is 4.86. The van der Waals surface area contributed by atoms with Gasteiger partial charge in [-0.15, -0.1) is 0 Å². The van der Waals surface area contributed by atoms with E-state index in [0.29, 0.717) is 28.6 Å². The number of carbonyl (C=O) groups is 1. The van der Waals surface area contributed by atoms with Crippen LogP contribution in [0.15, 0.2) is 103 Å². The van der Waals surface area contributed by atoms with E-state index in [-0.39, 0.29) is 37.4 Å². The Morgan fingerprint density at radius 1 is 0.814 bits per heavy atom. The van der Waals surface area contributed by atoms with Crippen molar-refractivity contribution in [3.05, 3.63) is 120 Å². The van der Waals surface area contributed by atoms with Crippen LogP contribution in [0.3, 0.4) is 0 Å². The van der Waals surface area contributed by atoms with Gasteiger partial charge in [-0.2, -0.15) is 11.8 Å². The molecule has 1 heterocycles. The Balaban J connectivity index is 1.25. The summed E-state index contributed by atoms with van der Waals surface area (Å²) in [5, 5.41) is 24.5. The summed E-state index contributed by atoms with van der Waals surface area (Å²) in [6.07, 6.45) is -1.01. The number of aliphatic hydroxyl groups excluding tert-OH is 2. The first-order valence-corrected chi connectivity index (χ1v) is 15.4. The maximum absolute atomic E-state index is 12.8. The number of rotatable bonds is 11. The summed E-state index contributed by atoms with van der Waals surface area (Å²) in [6, 6.07) is 31.5. The number of benzene rings is 4. The number of para-hydroxylation sites is 1. The molecule has 8 nitrogen and oxygen atoms in total. The molecular formula is C34H36N2O6S. The van der Waals surface area contributed by atoms with Crippen molar-refractivity contribution in [2.75, 3.05) is 28.7 Å². The standard InChI is InChI=1S/C34H36N2O6S/c1-23-31(22-43-19-18-37)41-33(42-32(23)25-12-10-24(21-38)11-13-25)26-6-5-7-28(20-26)36-34(39)35-27-14-16-30(17-15-27)40-29-8-3-2-4-9-29/h2-17,20,23,31-33,37-38H,18-19,21-22H2,1H3,(H2,35,36,39)/t23-,31+,32+,33+/m0/s1. The minimum absolute atomic E-state index is 0.0190. The molecule has 5 rings (SSSR count). The van der Waals surface area contributed by atoms with E-state index in [0.717, 1.165) is 22.4 Å². The van der Waals surface area contributed by atoms with Crippen LogP contribution in [0.25, 0.3) is 0 Å². The first-order valence-electron chi connectivity index (χ1n) is 14.2. The van der Waals surface area contributed by atoms with Crippen LogP contribution >= 0.6 is 11.8 Å². The molecule has 0 spiro atoms. The van der Waals surface area contributed by atoms with E-state index in [1.165, 1.54) is 0 Å². The third-order valence-corrected chi connectivity index (χ3v) is 8.18. The van der Waals surface area contributed by atoms with E-state index in [9.17, 15) is 15.0 Å². The minimum Gasteiger partial charge on any atom is -0.457 e. The highest BCUT2D eigenvalue weighted by Crippen LogP contribution is 2.42. The van der Waals surface area contributed by atoms with E-state index in [1.54, 1.807) is 36.0 Å². The normalized spacial score (nSPS) is 19.9. The van der Waals surface area contributed by atoms with Gasteiger partial charge in [0.2, 0.25) is 0 Å². The molecule has 224 valence electrons. The van der Waals surface area contributed by atoms with Crippen LogP contribution in [0, 0.1) is 5.92 Å². The third-order valence-electron chi connectivity index (χ3n) is 7.15. The minimum atomic E-state index is -0.652. The Morgan fingerprint density at radius 2 is 1.53 bits per heavy atom. The fraction of sp³-hybridized carbons (Fsp3) is 0.265. The lowest BCUT2D eigenvalue weighted by Gasteiger charge is -2.41. The lowest BCUT2D eigenvalue weighted by atomic mass is 9.91. The van der Waals surface area contributed by atoms with Gasteiger partial charge < -0.3 is 35.1 Å². The molecule has 0 unspecified atom stereocenters. The number of nitrogens with one attached hydrogen (secondary N) is 2. The smallest absolute Gasteiger partial charge is 0.323 e. The molecule has 43 heavy (non-hydrogen) atoms. The fourth-order valence-corrected chi connectivity index (χ4v) is 5.77. The van der Waals surface area contributed by atoms with Crippen molar-refractivity contribution in [1.82, 2.24) is 0 Å². The van der Waals surface area contributed by atoms with Crippen LogP contribution in [0.5, 0.6) is 11.5 Å². The van der Waals surface area contributed by atoms with Gasteiger partial charge in [0.05, 0.1) is 25.4 Å². The van der Waals surface area contributed by atoms with Crippen molar-refractivity contribution in [2.24, 2.45) is 5.92 Å². The molecule has 0 radical (unpaired) electrons. The molecule has 1 aliphatic rings. The van der Waals surface area contributed by atoms with Gasteiger partial charge in [-0.3, -0.25) is 0 Å². The zero-order valence-corrected chi connectivity index (χ0v) is 24.7. The van der Waals surface area contributed by atoms with Crippen LogP contribution in [-0.2, 0) is 16.1 Å². The Kier molecular flexibility index (Phi) is 10.7. The molecule has 0 saturated carbocycles. The van der Waals surface area contributed by atoms with E-state index in [2.05, 4.69) is 17.6 Å². The van der Waals surface area contributed by atoms with Crippen molar-refractivity contribution < 1.29 is 29.2 Å². The van der Waals surface area contributed by atoms with Gasteiger partial charge in [-0.1, -0.05) is 61.5 Å². The summed E-state index contributed by atoms with van der Waals surface area (Å²) in [6.45, 7) is 2.20. The molecule has 2 amide bonds. The Hall–Kier alpha value is -3.86. The average molecular weight is 601 g/mol. The summed E-state index contributed by atoms with van der Waals surface area (Å²) < 4.78 is 18.8. The Bertz CT molecular complexity index is 1450. The zero-order valence-electron chi connectivity index (χ0n) is 23.9. The molecule has 4 aromatic rings. The molecule has 0 bridgehead atoms.